The van der Waals surface area contributed by atoms with Crippen LogP contribution in [0.1, 0.15) is 27.0 Å². The van der Waals surface area contributed by atoms with Crippen LogP contribution in [0.2, 0.25) is 0 Å². The van der Waals surface area contributed by atoms with Crippen LogP contribution in [0.4, 0.5) is 0 Å². The van der Waals surface area contributed by atoms with Crippen molar-refractivity contribution >= 4 is 5.97 Å². The number of phenols is 1. The maximum absolute atomic E-state index is 11.9. The van der Waals surface area contributed by atoms with Crippen LogP contribution in [0.25, 0.3) is 0 Å². The third kappa shape index (κ3) is 2.57. The number of rotatable bonds is 2. The largest absolute Gasteiger partial charge is 0.507 e. The van der Waals surface area contributed by atoms with Crippen LogP contribution in [0.15, 0.2) is 30.6 Å². The van der Waals surface area contributed by atoms with Gasteiger partial charge in [-0.3, -0.25) is 4.98 Å². The molecule has 0 saturated carbocycles. The number of aromatic nitrogens is 1. The molecule has 0 aliphatic rings. The molecule has 0 aliphatic heterocycles. The van der Waals surface area contributed by atoms with Crippen molar-refractivity contribution in [1.82, 2.24) is 4.98 Å². The van der Waals surface area contributed by atoms with Crippen LogP contribution < -0.4 is 4.74 Å². The molecule has 0 saturated heterocycles. The normalized spacial score (nSPS) is 10.3. The highest BCUT2D eigenvalue weighted by molar-refractivity contribution is 5.90. The van der Waals surface area contributed by atoms with Gasteiger partial charge in [-0.25, -0.2) is 4.79 Å². The van der Waals surface area contributed by atoms with Crippen molar-refractivity contribution in [2.24, 2.45) is 0 Å². The molecule has 4 nitrogen and oxygen atoms in total. The monoisotopic (exact) mass is 257 g/mol. The number of aromatic hydroxyl groups is 1. The van der Waals surface area contributed by atoms with Crippen LogP contribution in [-0.4, -0.2) is 16.1 Å². The van der Waals surface area contributed by atoms with E-state index in [1.165, 1.54) is 6.20 Å². The van der Waals surface area contributed by atoms with E-state index >= 15 is 0 Å². The van der Waals surface area contributed by atoms with Gasteiger partial charge in [0, 0.05) is 12.4 Å². The number of phenolic OH excluding ortho intramolecular Hbond substituents is 1. The lowest BCUT2D eigenvalue weighted by atomic mass is 10.0. The third-order valence-electron chi connectivity index (χ3n) is 3.11. The summed E-state index contributed by atoms with van der Waals surface area (Å²) in [5, 5.41) is 9.81. The first kappa shape index (κ1) is 13.1. The van der Waals surface area contributed by atoms with Crippen molar-refractivity contribution in [3.63, 3.8) is 0 Å². The highest BCUT2D eigenvalue weighted by Gasteiger charge is 2.14. The number of ether oxygens (including phenoxy) is 1. The van der Waals surface area contributed by atoms with Gasteiger partial charge in [0.1, 0.15) is 11.5 Å². The highest BCUT2D eigenvalue weighted by Crippen LogP contribution is 2.32. The van der Waals surface area contributed by atoms with E-state index in [1.54, 1.807) is 45.2 Å². The summed E-state index contributed by atoms with van der Waals surface area (Å²) in [7, 11) is 0. The molecule has 0 fully saturated rings. The summed E-state index contributed by atoms with van der Waals surface area (Å²) in [6, 6.07) is 4.98. The Morgan fingerprint density at radius 1 is 1.26 bits per heavy atom. The standard InChI is InChI=1S/C15H15NO3/c1-9-7-13(10(2)11(3)14(9)17)19-15(18)12-5-4-6-16-8-12/h4-8,17H,1-3H3. The zero-order chi connectivity index (χ0) is 14.0. The van der Waals surface area contributed by atoms with Crippen molar-refractivity contribution in [1.29, 1.82) is 0 Å². The first-order valence-electron chi connectivity index (χ1n) is 5.92. The molecule has 1 heterocycles. The van der Waals surface area contributed by atoms with Crippen molar-refractivity contribution in [2.45, 2.75) is 20.8 Å². The summed E-state index contributed by atoms with van der Waals surface area (Å²) in [4.78, 5) is 15.8. The molecule has 1 aromatic heterocycles. The van der Waals surface area contributed by atoms with E-state index in [2.05, 4.69) is 4.98 Å². The van der Waals surface area contributed by atoms with E-state index in [4.69, 9.17) is 4.74 Å². The molecule has 2 aromatic rings. The van der Waals surface area contributed by atoms with Crippen molar-refractivity contribution in [3.8, 4) is 11.5 Å². The highest BCUT2D eigenvalue weighted by atomic mass is 16.5. The second-order valence-electron chi connectivity index (χ2n) is 4.42. The summed E-state index contributed by atoms with van der Waals surface area (Å²) < 4.78 is 5.36. The first-order valence-corrected chi connectivity index (χ1v) is 5.92. The Balaban J connectivity index is 2.32. The molecule has 2 rings (SSSR count). The summed E-state index contributed by atoms with van der Waals surface area (Å²) in [5.74, 6) is 0.237. The summed E-state index contributed by atoms with van der Waals surface area (Å²) >= 11 is 0. The number of nitrogens with zero attached hydrogens (tertiary/aromatic N) is 1. The molecular formula is C15H15NO3. The van der Waals surface area contributed by atoms with Gasteiger partial charge in [-0.1, -0.05) is 0 Å². The van der Waals surface area contributed by atoms with E-state index in [0.29, 0.717) is 22.4 Å². The number of hydrogen-bond donors (Lipinski definition) is 1. The van der Waals surface area contributed by atoms with Gasteiger partial charge in [-0.15, -0.1) is 0 Å². The molecule has 0 atom stereocenters. The van der Waals surface area contributed by atoms with Gasteiger partial charge in [0.15, 0.2) is 0 Å². The average molecular weight is 257 g/mol. The fourth-order valence-corrected chi connectivity index (χ4v) is 1.78. The molecule has 0 radical (unpaired) electrons. The lowest BCUT2D eigenvalue weighted by Gasteiger charge is -2.12. The van der Waals surface area contributed by atoms with Gasteiger partial charge >= 0.3 is 5.97 Å². The minimum Gasteiger partial charge on any atom is -0.507 e. The lowest BCUT2D eigenvalue weighted by molar-refractivity contribution is 0.0733. The minimum absolute atomic E-state index is 0.235. The number of aryl methyl sites for hydroxylation is 1. The van der Waals surface area contributed by atoms with E-state index in [-0.39, 0.29) is 5.75 Å². The second kappa shape index (κ2) is 5.10. The summed E-state index contributed by atoms with van der Waals surface area (Å²) in [6.45, 7) is 5.36. The number of carbonyl (C=O) groups is 1. The molecule has 19 heavy (non-hydrogen) atoms. The van der Waals surface area contributed by atoms with E-state index in [9.17, 15) is 9.90 Å². The molecule has 0 aliphatic carbocycles. The third-order valence-corrected chi connectivity index (χ3v) is 3.11. The Hall–Kier alpha value is -2.36. The first-order chi connectivity index (χ1) is 9.00. The lowest BCUT2D eigenvalue weighted by Crippen LogP contribution is -2.10. The topological polar surface area (TPSA) is 59.4 Å². The zero-order valence-electron chi connectivity index (χ0n) is 11.1. The smallest absolute Gasteiger partial charge is 0.345 e. The SMILES string of the molecule is Cc1cc(OC(=O)c2cccnc2)c(C)c(C)c1O. The Labute approximate surface area is 111 Å². The predicted octanol–water partition coefficient (Wildman–Crippen LogP) is 2.93. The number of pyridine rings is 1. The van der Waals surface area contributed by atoms with E-state index in [0.717, 1.165) is 5.56 Å². The van der Waals surface area contributed by atoms with Crippen molar-refractivity contribution < 1.29 is 14.6 Å². The molecule has 4 heteroatoms. The summed E-state index contributed by atoms with van der Waals surface area (Å²) in [6.07, 6.45) is 3.05. The molecule has 1 aromatic carbocycles. The van der Waals surface area contributed by atoms with Crippen LogP contribution in [0.3, 0.4) is 0 Å². The molecular weight excluding hydrogens is 242 g/mol. The fraction of sp³-hybridized carbons (Fsp3) is 0.200. The molecule has 0 amide bonds. The molecule has 0 unspecified atom stereocenters. The molecule has 0 bridgehead atoms. The van der Waals surface area contributed by atoms with E-state index in [1.807, 2.05) is 0 Å². The number of carbonyl (C=O) groups excluding carboxylic acids is 1. The Bertz CT molecular complexity index is 621. The van der Waals surface area contributed by atoms with Crippen LogP contribution >= 0.6 is 0 Å². The molecule has 98 valence electrons. The van der Waals surface area contributed by atoms with Crippen molar-refractivity contribution in [2.75, 3.05) is 0 Å². The Morgan fingerprint density at radius 3 is 2.63 bits per heavy atom. The van der Waals surface area contributed by atoms with Crippen LogP contribution in [-0.2, 0) is 0 Å². The number of hydrogen-bond acceptors (Lipinski definition) is 4. The van der Waals surface area contributed by atoms with Gasteiger partial charge < -0.3 is 9.84 Å². The van der Waals surface area contributed by atoms with Crippen LogP contribution in [0, 0.1) is 20.8 Å². The van der Waals surface area contributed by atoms with Crippen molar-refractivity contribution in [3.05, 3.63) is 52.8 Å². The van der Waals surface area contributed by atoms with Gasteiger partial charge in [0.05, 0.1) is 5.56 Å². The van der Waals surface area contributed by atoms with Gasteiger partial charge in [0.25, 0.3) is 0 Å². The Morgan fingerprint density at radius 2 is 2.00 bits per heavy atom. The number of benzene rings is 1. The number of esters is 1. The second-order valence-corrected chi connectivity index (χ2v) is 4.42. The zero-order valence-corrected chi connectivity index (χ0v) is 11.1. The van der Waals surface area contributed by atoms with Gasteiger partial charge in [0.2, 0.25) is 0 Å². The molecule has 0 spiro atoms. The van der Waals surface area contributed by atoms with Gasteiger partial charge in [-0.2, -0.15) is 0 Å². The Kier molecular flexibility index (Phi) is 3.51. The van der Waals surface area contributed by atoms with E-state index < -0.39 is 5.97 Å². The summed E-state index contributed by atoms with van der Waals surface area (Å²) in [5.41, 5.74) is 2.54. The minimum atomic E-state index is -0.458. The maximum atomic E-state index is 11.9. The van der Waals surface area contributed by atoms with Gasteiger partial charge in [-0.05, 0) is 55.7 Å². The fourth-order valence-electron chi connectivity index (χ4n) is 1.78. The maximum Gasteiger partial charge on any atom is 0.345 e. The predicted molar refractivity (Wildman–Crippen MR) is 71.5 cm³/mol. The average Bonchev–Trinajstić information content (AvgIpc) is 2.43. The quantitative estimate of drug-likeness (QED) is 0.663. The van der Waals surface area contributed by atoms with Crippen LogP contribution in [0.5, 0.6) is 11.5 Å². The molecule has 1 N–H and O–H groups in total.